The lowest BCUT2D eigenvalue weighted by Crippen LogP contribution is -2.09. The maximum atomic E-state index is 5.91. The Kier molecular flexibility index (Phi) is 6.01. The van der Waals surface area contributed by atoms with E-state index in [1.807, 2.05) is 24.3 Å². The van der Waals surface area contributed by atoms with Crippen molar-refractivity contribution in [3.05, 3.63) is 113 Å². The van der Waals surface area contributed by atoms with Crippen LogP contribution in [0.4, 0.5) is 0 Å². The molecule has 0 aliphatic heterocycles. The predicted octanol–water partition coefficient (Wildman–Crippen LogP) is 6.00. The van der Waals surface area contributed by atoms with Gasteiger partial charge in [0.2, 0.25) is 0 Å². The van der Waals surface area contributed by atoms with Crippen LogP contribution in [0.5, 0.6) is 0 Å². The van der Waals surface area contributed by atoms with E-state index >= 15 is 0 Å². The molecule has 0 saturated carbocycles. The SMILES string of the molecule is Clc1ccc(/C=C/C=C/P(c2ccccc2)c2ccccc2)cc1. The van der Waals surface area contributed by atoms with Gasteiger partial charge in [-0.1, -0.05) is 108 Å². The predicted molar refractivity (Wildman–Crippen MR) is 109 cm³/mol. The third kappa shape index (κ3) is 4.68. The van der Waals surface area contributed by atoms with Gasteiger partial charge in [-0.05, 0) is 36.2 Å². The Hall–Kier alpha value is -2.14. The molecule has 0 bridgehead atoms. The highest BCUT2D eigenvalue weighted by molar-refractivity contribution is 7.75. The maximum absolute atomic E-state index is 5.91. The lowest BCUT2D eigenvalue weighted by molar-refractivity contribution is 1.66. The van der Waals surface area contributed by atoms with Crippen LogP contribution >= 0.6 is 19.5 Å². The molecule has 0 heterocycles. The van der Waals surface area contributed by atoms with Crippen LogP contribution in [-0.2, 0) is 0 Å². The third-order valence-electron chi connectivity index (χ3n) is 3.57. The largest absolute Gasteiger partial charge is 0.0843 e. The fourth-order valence-electron chi connectivity index (χ4n) is 2.37. The van der Waals surface area contributed by atoms with Gasteiger partial charge in [-0.15, -0.1) is 0 Å². The molecule has 0 saturated heterocycles. The van der Waals surface area contributed by atoms with Gasteiger partial charge in [0.25, 0.3) is 0 Å². The van der Waals surface area contributed by atoms with E-state index in [1.165, 1.54) is 10.6 Å². The zero-order valence-electron chi connectivity index (χ0n) is 13.2. The summed E-state index contributed by atoms with van der Waals surface area (Å²) < 4.78 is 0. The fourth-order valence-corrected chi connectivity index (χ4v) is 4.40. The first kappa shape index (κ1) is 16.7. The Labute approximate surface area is 149 Å². The molecule has 0 unspecified atom stereocenters. The number of rotatable bonds is 5. The summed E-state index contributed by atoms with van der Waals surface area (Å²) in [5.41, 5.74) is 1.15. The minimum atomic E-state index is -0.489. The second-order valence-corrected chi connectivity index (χ2v) is 7.80. The summed E-state index contributed by atoms with van der Waals surface area (Å²) in [6.45, 7) is 0. The Morgan fingerprint density at radius 3 is 1.71 bits per heavy atom. The Bertz CT molecular complexity index is 766. The second-order valence-electron chi connectivity index (χ2n) is 5.29. The molecule has 0 aromatic heterocycles. The fraction of sp³-hybridized carbons (Fsp3) is 0. The molecule has 0 N–H and O–H groups in total. The van der Waals surface area contributed by atoms with E-state index in [9.17, 15) is 0 Å². The third-order valence-corrected chi connectivity index (χ3v) is 6.00. The number of hydrogen-bond donors (Lipinski definition) is 0. The molecule has 0 spiro atoms. The van der Waals surface area contributed by atoms with E-state index in [0.717, 1.165) is 10.6 Å². The first-order valence-electron chi connectivity index (χ1n) is 7.83. The molecule has 0 nitrogen and oxygen atoms in total. The smallest absolute Gasteiger partial charge is 0.0406 e. The molecule has 0 fully saturated rings. The average Bonchev–Trinajstić information content (AvgIpc) is 2.65. The highest BCUT2D eigenvalue weighted by Crippen LogP contribution is 2.34. The Morgan fingerprint density at radius 1 is 0.625 bits per heavy atom. The molecule has 3 aromatic rings. The van der Waals surface area contributed by atoms with Gasteiger partial charge < -0.3 is 0 Å². The lowest BCUT2D eigenvalue weighted by atomic mass is 10.2. The van der Waals surface area contributed by atoms with Crippen LogP contribution in [-0.4, -0.2) is 0 Å². The van der Waals surface area contributed by atoms with Crippen molar-refractivity contribution in [1.82, 2.24) is 0 Å². The summed E-state index contributed by atoms with van der Waals surface area (Å²) in [5.74, 6) is 2.30. The molecular formula is C22H18ClP. The van der Waals surface area contributed by atoms with Crippen LogP contribution in [0.25, 0.3) is 6.08 Å². The first-order chi connectivity index (χ1) is 11.8. The maximum Gasteiger partial charge on any atom is 0.0406 e. The number of allylic oxidation sites excluding steroid dienone is 2. The van der Waals surface area contributed by atoms with Crippen LogP contribution in [0.1, 0.15) is 5.56 Å². The second kappa shape index (κ2) is 8.64. The van der Waals surface area contributed by atoms with E-state index in [4.69, 9.17) is 11.6 Å². The van der Waals surface area contributed by atoms with Crippen molar-refractivity contribution in [1.29, 1.82) is 0 Å². The van der Waals surface area contributed by atoms with E-state index in [1.54, 1.807) is 0 Å². The minimum Gasteiger partial charge on any atom is -0.0843 e. The molecule has 0 atom stereocenters. The van der Waals surface area contributed by atoms with Gasteiger partial charge in [-0.2, -0.15) is 0 Å². The summed E-state index contributed by atoms with van der Waals surface area (Å²) in [7, 11) is -0.489. The topological polar surface area (TPSA) is 0 Å². The van der Waals surface area contributed by atoms with E-state index in [-0.39, 0.29) is 0 Å². The summed E-state index contributed by atoms with van der Waals surface area (Å²) in [6, 6.07) is 29.2. The van der Waals surface area contributed by atoms with Gasteiger partial charge in [0, 0.05) is 5.02 Å². The molecule has 118 valence electrons. The lowest BCUT2D eigenvalue weighted by Gasteiger charge is -2.14. The zero-order chi connectivity index (χ0) is 16.6. The van der Waals surface area contributed by atoms with E-state index in [0.29, 0.717) is 0 Å². The highest BCUT2D eigenvalue weighted by Gasteiger charge is 2.08. The molecule has 2 heteroatoms. The number of benzene rings is 3. The quantitative estimate of drug-likeness (QED) is 0.392. The monoisotopic (exact) mass is 348 g/mol. The van der Waals surface area contributed by atoms with E-state index in [2.05, 4.69) is 84.7 Å². The van der Waals surface area contributed by atoms with E-state index < -0.39 is 7.92 Å². The molecule has 0 aliphatic rings. The van der Waals surface area contributed by atoms with Crippen LogP contribution in [0, 0.1) is 0 Å². The zero-order valence-corrected chi connectivity index (χ0v) is 14.9. The summed E-state index contributed by atoms with van der Waals surface area (Å²) in [5, 5.41) is 3.48. The molecule has 0 aliphatic carbocycles. The van der Waals surface area contributed by atoms with Crippen LogP contribution in [0.3, 0.4) is 0 Å². The average molecular weight is 349 g/mol. The van der Waals surface area contributed by atoms with Crippen LogP contribution in [0.15, 0.2) is 103 Å². The molecule has 24 heavy (non-hydrogen) atoms. The standard InChI is InChI=1S/C22H18ClP/c23-20-16-14-19(15-17-20)9-7-8-18-24(21-10-3-1-4-11-21)22-12-5-2-6-13-22/h1-18H/b9-7+,18-8+. The minimum absolute atomic E-state index is 0.489. The Balaban J connectivity index is 1.80. The van der Waals surface area contributed by atoms with Gasteiger partial charge in [0.1, 0.15) is 0 Å². The molecule has 3 aromatic carbocycles. The van der Waals surface area contributed by atoms with Crippen molar-refractivity contribution < 1.29 is 0 Å². The van der Waals surface area contributed by atoms with Crippen molar-refractivity contribution in [2.24, 2.45) is 0 Å². The summed E-state index contributed by atoms with van der Waals surface area (Å²) in [6.07, 6.45) is 6.32. The molecular weight excluding hydrogens is 331 g/mol. The normalized spacial score (nSPS) is 11.6. The molecule has 3 rings (SSSR count). The summed E-state index contributed by atoms with van der Waals surface area (Å²) in [4.78, 5) is 0. The Morgan fingerprint density at radius 2 is 1.17 bits per heavy atom. The number of hydrogen-bond acceptors (Lipinski definition) is 0. The van der Waals surface area contributed by atoms with Crippen LogP contribution in [0.2, 0.25) is 5.02 Å². The molecule has 0 radical (unpaired) electrons. The van der Waals surface area contributed by atoms with Gasteiger partial charge in [0.15, 0.2) is 0 Å². The van der Waals surface area contributed by atoms with Crippen molar-refractivity contribution >= 4 is 36.2 Å². The van der Waals surface area contributed by atoms with Crippen molar-refractivity contribution in [2.45, 2.75) is 0 Å². The van der Waals surface area contributed by atoms with Crippen molar-refractivity contribution in [2.75, 3.05) is 0 Å². The number of halogens is 1. The van der Waals surface area contributed by atoms with Gasteiger partial charge >= 0.3 is 0 Å². The van der Waals surface area contributed by atoms with Crippen LogP contribution < -0.4 is 10.6 Å². The van der Waals surface area contributed by atoms with Crippen molar-refractivity contribution in [3.8, 4) is 0 Å². The summed E-state index contributed by atoms with van der Waals surface area (Å²) >= 11 is 5.91. The van der Waals surface area contributed by atoms with Gasteiger partial charge in [-0.25, -0.2) is 0 Å². The van der Waals surface area contributed by atoms with Crippen molar-refractivity contribution in [3.63, 3.8) is 0 Å². The first-order valence-corrected chi connectivity index (χ1v) is 9.61. The van der Waals surface area contributed by atoms with Gasteiger partial charge in [-0.3, -0.25) is 0 Å². The molecule has 0 amide bonds. The van der Waals surface area contributed by atoms with Gasteiger partial charge in [0.05, 0.1) is 0 Å². The highest BCUT2D eigenvalue weighted by atomic mass is 35.5.